The lowest BCUT2D eigenvalue weighted by Crippen LogP contribution is -2.09. The maximum Gasteiger partial charge on any atom is 0.343 e. The number of hydrogen-bond donors (Lipinski definition) is 0. The van der Waals surface area contributed by atoms with Gasteiger partial charge in [0, 0.05) is 5.56 Å². The second-order valence-electron chi connectivity index (χ2n) is 11.4. The lowest BCUT2D eigenvalue weighted by molar-refractivity contribution is 0.0724. The van der Waals surface area contributed by atoms with Crippen LogP contribution in [0.5, 0.6) is 17.2 Å². The smallest absolute Gasteiger partial charge is 0.343 e. The molecule has 0 aromatic heterocycles. The molecule has 0 radical (unpaired) electrons. The highest BCUT2D eigenvalue weighted by molar-refractivity contribution is 5.92. The zero-order valence-corrected chi connectivity index (χ0v) is 28.5. The average Bonchev–Trinajstić information content (AvgIpc) is 3.18. The van der Waals surface area contributed by atoms with E-state index in [0.717, 1.165) is 5.56 Å². The van der Waals surface area contributed by atoms with Crippen molar-refractivity contribution in [1.82, 2.24) is 0 Å². The Morgan fingerprint density at radius 1 is 0.462 bits per heavy atom. The highest BCUT2D eigenvalue weighted by Gasteiger charge is 2.13. The highest BCUT2D eigenvalue weighted by Crippen LogP contribution is 2.31. The minimum absolute atomic E-state index is 0.398. The van der Waals surface area contributed by atoms with Gasteiger partial charge in [-0.15, -0.1) is 0 Å². The first-order valence-electron chi connectivity index (χ1n) is 16.1. The van der Waals surface area contributed by atoms with Gasteiger partial charge >= 0.3 is 11.9 Å². The predicted molar refractivity (Wildman–Crippen MR) is 197 cm³/mol. The van der Waals surface area contributed by atoms with Gasteiger partial charge in [0.25, 0.3) is 0 Å². The van der Waals surface area contributed by atoms with Gasteiger partial charge in [-0.2, -0.15) is 30.7 Å². The monoisotopic (exact) mass is 688 g/mol. The number of azo groups is 3. The molecule has 6 rings (SSSR count). The number of carbonyl (C=O) groups excluding carboxylic acids is 2. The zero-order valence-electron chi connectivity index (χ0n) is 28.5. The minimum atomic E-state index is -0.481. The SMILES string of the molecule is COc1ccc(C(=O)Oc2cccc(N=Nc3ccc(N=Nc4ccc(N=Nc5ccc(OC(=O)c6ccccc6)cc5C)cc4)cc3)c2C)cc1. The molecule has 0 unspecified atom stereocenters. The van der Waals surface area contributed by atoms with Crippen LogP contribution in [0.3, 0.4) is 0 Å². The van der Waals surface area contributed by atoms with Crippen LogP contribution in [0.2, 0.25) is 0 Å². The van der Waals surface area contributed by atoms with E-state index in [0.29, 0.717) is 68.1 Å². The van der Waals surface area contributed by atoms with Crippen molar-refractivity contribution in [2.75, 3.05) is 7.11 Å². The summed E-state index contributed by atoms with van der Waals surface area (Å²) in [5.74, 6) is 0.579. The molecule has 0 aliphatic rings. The molecule has 11 nitrogen and oxygen atoms in total. The third-order valence-corrected chi connectivity index (χ3v) is 7.70. The van der Waals surface area contributed by atoms with Gasteiger partial charge in [-0.05, 0) is 135 Å². The Morgan fingerprint density at radius 3 is 1.52 bits per heavy atom. The van der Waals surface area contributed by atoms with E-state index in [1.54, 1.807) is 141 Å². The van der Waals surface area contributed by atoms with Crippen LogP contribution in [0.4, 0.5) is 34.1 Å². The number of methoxy groups -OCH3 is 1. The number of esters is 2. The molecular weight excluding hydrogens is 656 g/mol. The summed E-state index contributed by atoms with van der Waals surface area (Å²) >= 11 is 0. The maximum atomic E-state index is 12.6. The number of benzene rings is 6. The third-order valence-electron chi connectivity index (χ3n) is 7.70. The quantitative estimate of drug-likeness (QED) is 0.0758. The third kappa shape index (κ3) is 9.10. The molecule has 0 saturated carbocycles. The molecule has 256 valence electrons. The number of aryl methyl sites for hydroxylation is 1. The Balaban J connectivity index is 1.02. The Bertz CT molecular complexity index is 2270. The summed E-state index contributed by atoms with van der Waals surface area (Å²) in [7, 11) is 1.56. The first-order valence-corrected chi connectivity index (χ1v) is 16.1. The fraction of sp³-hybridized carbons (Fsp3) is 0.0732. The van der Waals surface area contributed by atoms with Crippen molar-refractivity contribution in [2.45, 2.75) is 13.8 Å². The van der Waals surface area contributed by atoms with Crippen LogP contribution in [0, 0.1) is 13.8 Å². The average molecular weight is 689 g/mol. The Kier molecular flexibility index (Phi) is 11.0. The Morgan fingerprint density at radius 2 is 0.962 bits per heavy atom. The van der Waals surface area contributed by atoms with Crippen molar-refractivity contribution in [3.05, 3.63) is 162 Å². The molecule has 0 bridgehead atoms. The van der Waals surface area contributed by atoms with E-state index in [1.165, 1.54) is 0 Å². The lowest BCUT2D eigenvalue weighted by Gasteiger charge is -2.09. The zero-order chi connectivity index (χ0) is 36.3. The number of rotatable bonds is 11. The fourth-order valence-electron chi connectivity index (χ4n) is 4.76. The second-order valence-corrected chi connectivity index (χ2v) is 11.4. The summed E-state index contributed by atoms with van der Waals surface area (Å²) < 4.78 is 16.2. The maximum absolute atomic E-state index is 12.6. The summed E-state index contributed by atoms with van der Waals surface area (Å²) in [6.45, 7) is 3.69. The van der Waals surface area contributed by atoms with Crippen molar-refractivity contribution >= 4 is 46.1 Å². The van der Waals surface area contributed by atoms with Crippen LogP contribution < -0.4 is 14.2 Å². The van der Waals surface area contributed by atoms with Crippen LogP contribution in [0.15, 0.2) is 170 Å². The molecule has 6 aromatic rings. The molecule has 0 atom stereocenters. The van der Waals surface area contributed by atoms with Gasteiger partial charge in [-0.3, -0.25) is 0 Å². The predicted octanol–water partition coefficient (Wildman–Crippen LogP) is 12.0. The van der Waals surface area contributed by atoms with Crippen molar-refractivity contribution < 1.29 is 23.8 Å². The first kappa shape index (κ1) is 34.7. The van der Waals surface area contributed by atoms with Gasteiger partial charge in [0.05, 0.1) is 52.4 Å². The van der Waals surface area contributed by atoms with E-state index < -0.39 is 11.9 Å². The van der Waals surface area contributed by atoms with Crippen LogP contribution >= 0.6 is 0 Å². The summed E-state index contributed by atoms with van der Waals surface area (Å²) in [6.07, 6.45) is 0. The molecule has 0 aliphatic heterocycles. The van der Waals surface area contributed by atoms with Crippen molar-refractivity contribution in [1.29, 1.82) is 0 Å². The van der Waals surface area contributed by atoms with Gasteiger partial charge in [0.1, 0.15) is 17.2 Å². The molecule has 11 heteroatoms. The van der Waals surface area contributed by atoms with Crippen molar-refractivity contribution in [3.63, 3.8) is 0 Å². The number of ether oxygens (including phenoxy) is 3. The largest absolute Gasteiger partial charge is 0.497 e. The lowest BCUT2D eigenvalue weighted by atomic mass is 10.2. The first-order chi connectivity index (χ1) is 25.3. The molecule has 0 aliphatic carbocycles. The normalized spacial score (nSPS) is 11.3. The molecular formula is C41H32N6O5. The van der Waals surface area contributed by atoms with Crippen molar-refractivity contribution in [3.8, 4) is 17.2 Å². The van der Waals surface area contributed by atoms with Crippen LogP contribution in [-0.2, 0) is 0 Å². The van der Waals surface area contributed by atoms with Crippen molar-refractivity contribution in [2.24, 2.45) is 30.7 Å². The summed E-state index contributed by atoms with van der Waals surface area (Å²) in [4.78, 5) is 25.0. The van der Waals surface area contributed by atoms with E-state index in [-0.39, 0.29) is 0 Å². The van der Waals surface area contributed by atoms with E-state index >= 15 is 0 Å². The molecule has 0 saturated heterocycles. The standard InChI is InChI=1S/C41H32N6O5/c1-27-26-36(51-40(48)29-8-5-4-6-9-29)24-25-37(27)46-44-33-18-14-31(15-19-33)42-43-32-16-20-34(21-17-32)45-47-38-10-7-11-39(28(38)2)52-41(49)30-12-22-35(50-3)23-13-30/h4-26H,1-3H3. The number of carbonyl (C=O) groups is 2. The minimum Gasteiger partial charge on any atom is -0.497 e. The van der Waals surface area contributed by atoms with Crippen LogP contribution in [0.25, 0.3) is 0 Å². The molecule has 52 heavy (non-hydrogen) atoms. The summed E-state index contributed by atoms with van der Waals surface area (Å²) in [5.41, 5.74) is 6.15. The fourth-order valence-corrected chi connectivity index (χ4v) is 4.76. The van der Waals surface area contributed by atoms with Gasteiger partial charge in [-0.25, -0.2) is 9.59 Å². The summed E-state index contributed by atoms with van der Waals surface area (Å²) in [5, 5.41) is 26.0. The molecule has 0 fully saturated rings. The Hall–Kier alpha value is -7.14. The molecule has 0 amide bonds. The Labute approximate surface area is 300 Å². The van der Waals surface area contributed by atoms with Gasteiger partial charge in [0.15, 0.2) is 0 Å². The topological polar surface area (TPSA) is 136 Å². The van der Waals surface area contributed by atoms with E-state index in [1.807, 2.05) is 19.9 Å². The molecule has 0 heterocycles. The van der Waals surface area contributed by atoms with E-state index in [2.05, 4.69) is 30.7 Å². The molecule has 6 aromatic carbocycles. The highest BCUT2D eigenvalue weighted by atomic mass is 16.5. The molecule has 0 N–H and O–H groups in total. The van der Waals surface area contributed by atoms with Gasteiger partial charge < -0.3 is 14.2 Å². The van der Waals surface area contributed by atoms with Crippen LogP contribution in [0.1, 0.15) is 31.8 Å². The van der Waals surface area contributed by atoms with Gasteiger partial charge in [0.2, 0.25) is 0 Å². The van der Waals surface area contributed by atoms with Crippen LogP contribution in [-0.4, -0.2) is 19.0 Å². The van der Waals surface area contributed by atoms with E-state index in [9.17, 15) is 9.59 Å². The summed E-state index contributed by atoms with van der Waals surface area (Å²) in [6, 6.07) is 40.3. The number of nitrogens with zero attached hydrogens (tertiary/aromatic N) is 6. The van der Waals surface area contributed by atoms with Gasteiger partial charge in [-0.1, -0.05) is 24.3 Å². The number of hydrogen-bond acceptors (Lipinski definition) is 11. The van der Waals surface area contributed by atoms with E-state index in [4.69, 9.17) is 14.2 Å². The second kappa shape index (κ2) is 16.5. The molecule has 0 spiro atoms.